The fourth-order valence-electron chi connectivity index (χ4n) is 4.18. The number of aromatic nitrogens is 3. The Morgan fingerprint density at radius 2 is 1.94 bits per heavy atom. The van der Waals surface area contributed by atoms with Crippen LogP contribution in [0, 0.1) is 0 Å². The molecule has 1 saturated heterocycles. The fraction of sp³-hybridized carbons (Fsp3) is 0.304. The molecule has 2 heterocycles. The van der Waals surface area contributed by atoms with Gasteiger partial charge < -0.3 is 5.11 Å². The molecule has 2 atom stereocenters. The van der Waals surface area contributed by atoms with Crippen LogP contribution in [-0.2, 0) is 11.2 Å². The van der Waals surface area contributed by atoms with Crippen LogP contribution in [0.5, 0.6) is 0 Å². The molecule has 32 heavy (non-hydrogen) atoms. The van der Waals surface area contributed by atoms with Gasteiger partial charge in [-0.25, -0.2) is 10.2 Å². The molecule has 2 aromatic carbocycles. The third-order valence-electron chi connectivity index (χ3n) is 5.83. The molecule has 0 spiro atoms. The molecule has 3 aromatic rings. The summed E-state index contributed by atoms with van der Waals surface area (Å²) in [5.74, 6) is -1.43. The number of aliphatic carboxylic acids is 1. The normalized spacial score (nSPS) is 18.5. The largest absolute Gasteiger partial charge is 0.480 e. The average Bonchev–Trinajstić information content (AvgIpc) is 3.47. The van der Waals surface area contributed by atoms with E-state index in [0.29, 0.717) is 36.3 Å². The van der Waals surface area contributed by atoms with E-state index in [1.165, 1.54) is 5.56 Å². The van der Waals surface area contributed by atoms with Crippen molar-refractivity contribution in [2.24, 2.45) is 0 Å². The molecular formula is C23H25N5O4. The zero-order chi connectivity index (χ0) is 22.5. The maximum absolute atomic E-state index is 11.8. The Morgan fingerprint density at radius 1 is 1.12 bits per heavy atom. The second-order valence-electron chi connectivity index (χ2n) is 7.93. The minimum Gasteiger partial charge on any atom is -0.480 e. The first-order valence-corrected chi connectivity index (χ1v) is 10.5. The van der Waals surface area contributed by atoms with Gasteiger partial charge in [-0.05, 0) is 43.5 Å². The van der Waals surface area contributed by atoms with Gasteiger partial charge in [-0.3, -0.25) is 19.7 Å². The standard InChI is InChI=1S/C23H25N5O4/c29-22(25-32)18-10-4-9-17(12-18)20-15-28(26-24-20)19-13-21(23(30)31)27(14-19)11-5-8-16-6-2-1-3-7-16/h1-4,6-7,9-10,12,15,19,21,32H,5,8,11,13-14H2,(H,25,29)(H,30,31)/t19-,21-/m0/s1. The quantitative estimate of drug-likeness (QED) is 0.367. The number of aryl methyl sites for hydroxylation is 1. The number of hydroxylamine groups is 1. The van der Waals surface area contributed by atoms with Crippen LogP contribution in [0.3, 0.4) is 0 Å². The van der Waals surface area contributed by atoms with Crippen LogP contribution in [-0.4, -0.2) is 61.2 Å². The number of rotatable bonds is 8. The van der Waals surface area contributed by atoms with Crippen LogP contribution < -0.4 is 5.48 Å². The molecule has 0 aliphatic carbocycles. The zero-order valence-electron chi connectivity index (χ0n) is 17.5. The van der Waals surface area contributed by atoms with E-state index in [0.717, 1.165) is 12.8 Å². The molecular weight excluding hydrogens is 410 g/mol. The van der Waals surface area contributed by atoms with Crippen LogP contribution in [0.2, 0.25) is 0 Å². The Morgan fingerprint density at radius 3 is 2.69 bits per heavy atom. The first-order valence-electron chi connectivity index (χ1n) is 10.5. The Labute approximate surface area is 185 Å². The highest BCUT2D eigenvalue weighted by molar-refractivity contribution is 5.94. The molecule has 4 rings (SSSR count). The van der Waals surface area contributed by atoms with Crippen molar-refractivity contribution in [3.63, 3.8) is 0 Å². The van der Waals surface area contributed by atoms with Gasteiger partial charge in [0.2, 0.25) is 0 Å². The van der Waals surface area contributed by atoms with E-state index in [1.807, 2.05) is 23.1 Å². The highest BCUT2D eigenvalue weighted by atomic mass is 16.5. The summed E-state index contributed by atoms with van der Waals surface area (Å²) in [7, 11) is 0. The van der Waals surface area contributed by atoms with Crippen LogP contribution in [0.25, 0.3) is 11.3 Å². The molecule has 0 radical (unpaired) electrons. The van der Waals surface area contributed by atoms with E-state index in [1.54, 1.807) is 40.6 Å². The first kappa shape index (κ1) is 21.7. The number of carboxylic acids is 1. The molecule has 1 aromatic heterocycles. The lowest BCUT2D eigenvalue weighted by atomic mass is 10.1. The summed E-state index contributed by atoms with van der Waals surface area (Å²) in [5.41, 5.74) is 4.42. The van der Waals surface area contributed by atoms with Crippen molar-refractivity contribution < 1.29 is 19.9 Å². The Hall–Kier alpha value is -3.56. The molecule has 0 unspecified atom stereocenters. The number of amides is 1. The van der Waals surface area contributed by atoms with Crippen molar-refractivity contribution in [1.29, 1.82) is 0 Å². The monoisotopic (exact) mass is 435 g/mol. The third kappa shape index (κ3) is 4.84. The summed E-state index contributed by atoms with van der Waals surface area (Å²) in [6.45, 7) is 1.28. The van der Waals surface area contributed by atoms with Gasteiger partial charge in [-0.2, -0.15) is 0 Å². The predicted molar refractivity (Wildman–Crippen MR) is 116 cm³/mol. The Bertz CT molecular complexity index is 1080. The summed E-state index contributed by atoms with van der Waals surface area (Å²) in [4.78, 5) is 25.5. The van der Waals surface area contributed by atoms with Gasteiger partial charge in [0.05, 0.1) is 12.2 Å². The van der Waals surface area contributed by atoms with E-state index in [-0.39, 0.29) is 6.04 Å². The molecule has 166 valence electrons. The van der Waals surface area contributed by atoms with Gasteiger partial charge in [-0.15, -0.1) is 5.10 Å². The number of nitrogens with one attached hydrogen (secondary N) is 1. The number of likely N-dealkylation sites (tertiary alicyclic amines) is 1. The molecule has 1 aliphatic heterocycles. The number of hydrogen-bond acceptors (Lipinski definition) is 6. The van der Waals surface area contributed by atoms with Crippen LogP contribution in [0.1, 0.15) is 34.8 Å². The van der Waals surface area contributed by atoms with Crippen molar-refractivity contribution in [1.82, 2.24) is 25.4 Å². The molecule has 0 saturated carbocycles. The molecule has 0 bridgehead atoms. The van der Waals surface area contributed by atoms with Gasteiger partial charge >= 0.3 is 5.97 Å². The molecule has 1 fully saturated rings. The number of carboxylic acid groups (broad SMARTS) is 1. The van der Waals surface area contributed by atoms with Crippen molar-refractivity contribution in [2.45, 2.75) is 31.3 Å². The second kappa shape index (κ2) is 9.71. The SMILES string of the molecule is O=C(NO)c1cccc(-c2cn([C@H]3C[C@@H](C(=O)O)N(CCCc4ccccc4)C3)nn2)c1. The molecule has 9 nitrogen and oxygen atoms in total. The highest BCUT2D eigenvalue weighted by Gasteiger charge is 2.37. The zero-order valence-corrected chi connectivity index (χ0v) is 17.5. The van der Waals surface area contributed by atoms with Crippen molar-refractivity contribution in [3.05, 3.63) is 71.9 Å². The summed E-state index contributed by atoms with van der Waals surface area (Å²) in [6.07, 6.45) is 4.01. The lowest BCUT2D eigenvalue weighted by molar-refractivity contribution is -0.142. The van der Waals surface area contributed by atoms with Crippen LogP contribution in [0.15, 0.2) is 60.8 Å². The smallest absolute Gasteiger partial charge is 0.321 e. The third-order valence-corrected chi connectivity index (χ3v) is 5.83. The van der Waals surface area contributed by atoms with Crippen molar-refractivity contribution in [2.75, 3.05) is 13.1 Å². The van der Waals surface area contributed by atoms with Crippen LogP contribution >= 0.6 is 0 Å². The van der Waals surface area contributed by atoms with E-state index in [4.69, 9.17) is 5.21 Å². The van der Waals surface area contributed by atoms with E-state index >= 15 is 0 Å². The lowest BCUT2D eigenvalue weighted by Crippen LogP contribution is -2.36. The van der Waals surface area contributed by atoms with Crippen molar-refractivity contribution >= 4 is 11.9 Å². The summed E-state index contributed by atoms with van der Waals surface area (Å²) in [6, 6.07) is 16.2. The van der Waals surface area contributed by atoms with Gasteiger partial charge in [0.1, 0.15) is 11.7 Å². The summed E-state index contributed by atoms with van der Waals surface area (Å²) in [5, 5.41) is 27.0. The first-order chi connectivity index (χ1) is 15.5. The molecule has 9 heteroatoms. The lowest BCUT2D eigenvalue weighted by Gasteiger charge is -2.20. The van der Waals surface area contributed by atoms with Gasteiger partial charge in [-0.1, -0.05) is 47.7 Å². The van der Waals surface area contributed by atoms with Crippen molar-refractivity contribution in [3.8, 4) is 11.3 Å². The summed E-state index contributed by atoms with van der Waals surface area (Å²) >= 11 is 0. The van der Waals surface area contributed by atoms with Gasteiger partial charge in [0.15, 0.2) is 0 Å². The number of carbonyl (C=O) groups is 2. The van der Waals surface area contributed by atoms with E-state index in [9.17, 15) is 14.7 Å². The van der Waals surface area contributed by atoms with Gasteiger partial charge in [0, 0.05) is 17.7 Å². The maximum atomic E-state index is 11.8. The van der Waals surface area contributed by atoms with Gasteiger partial charge in [0.25, 0.3) is 5.91 Å². The number of carbonyl (C=O) groups excluding carboxylic acids is 1. The highest BCUT2D eigenvalue weighted by Crippen LogP contribution is 2.29. The predicted octanol–water partition coefficient (Wildman–Crippen LogP) is 2.40. The summed E-state index contributed by atoms with van der Waals surface area (Å²) < 4.78 is 1.71. The topological polar surface area (TPSA) is 121 Å². The second-order valence-corrected chi connectivity index (χ2v) is 7.93. The minimum absolute atomic E-state index is 0.0991. The number of benzene rings is 2. The van der Waals surface area contributed by atoms with E-state index < -0.39 is 17.9 Å². The number of hydrogen-bond donors (Lipinski definition) is 3. The average molecular weight is 435 g/mol. The minimum atomic E-state index is -0.824. The molecule has 1 amide bonds. The Kier molecular flexibility index (Phi) is 6.58. The molecule has 3 N–H and O–H groups in total. The van der Waals surface area contributed by atoms with E-state index in [2.05, 4.69) is 22.4 Å². The van der Waals surface area contributed by atoms with Crippen LogP contribution in [0.4, 0.5) is 0 Å². The molecule has 1 aliphatic rings. The number of nitrogens with zero attached hydrogens (tertiary/aromatic N) is 4. The Balaban J connectivity index is 1.43. The maximum Gasteiger partial charge on any atom is 0.321 e. The fourth-order valence-corrected chi connectivity index (χ4v) is 4.18.